The van der Waals surface area contributed by atoms with Crippen molar-refractivity contribution in [1.29, 1.82) is 0 Å². The van der Waals surface area contributed by atoms with E-state index >= 15 is 0 Å². The van der Waals surface area contributed by atoms with Crippen molar-refractivity contribution in [3.8, 4) is 22.8 Å². The molecule has 0 aliphatic carbocycles. The van der Waals surface area contributed by atoms with E-state index in [1.165, 1.54) is 23.0 Å². The Bertz CT molecular complexity index is 2060. The second kappa shape index (κ2) is 12.4. The van der Waals surface area contributed by atoms with Gasteiger partial charge >= 0.3 is 5.97 Å². The van der Waals surface area contributed by atoms with E-state index in [2.05, 4.69) is 0 Å². The number of halogens is 1. The average Bonchev–Trinajstić information content (AvgIpc) is 3.64. The summed E-state index contributed by atoms with van der Waals surface area (Å²) in [6.45, 7) is 1.89. The van der Waals surface area contributed by atoms with Gasteiger partial charge in [0, 0.05) is 22.2 Å². The van der Waals surface area contributed by atoms with Crippen LogP contribution in [0.2, 0.25) is 5.02 Å². The minimum absolute atomic E-state index is 0.155. The number of nitrogens with zero attached hydrogens (tertiary/aromatic N) is 2. The molecule has 1 aliphatic rings. The molecule has 5 aromatic rings. The van der Waals surface area contributed by atoms with E-state index in [4.69, 9.17) is 35.2 Å². The summed E-state index contributed by atoms with van der Waals surface area (Å²) in [5, 5.41) is 0.628. The topological polar surface area (TPSA) is 92.3 Å². The summed E-state index contributed by atoms with van der Waals surface area (Å²) in [4.78, 5) is 33.1. The maximum absolute atomic E-state index is 14.2. The number of esters is 1. The van der Waals surface area contributed by atoms with Crippen LogP contribution in [0.25, 0.3) is 23.1 Å². The maximum Gasteiger partial charge on any atom is 0.338 e. The number of carbonyl (C=O) groups excluding carboxylic acids is 1. The highest BCUT2D eigenvalue weighted by Gasteiger charge is 2.35. The minimum atomic E-state index is -0.858. The molecule has 0 fully saturated rings. The molecule has 1 aliphatic heterocycles. The molecule has 0 spiro atoms. The number of methoxy groups -OCH3 is 2. The molecule has 0 N–H and O–H groups in total. The van der Waals surface area contributed by atoms with Crippen LogP contribution in [-0.2, 0) is 9.53 Å². The van der Waals surface area contributed by atoms with Crippen LogP contribution in [0, 0.1) is 0 Å². The molecule has 0 bridgehead atoms. The van der Waals surface area contributed by atoms with Gasteiger partial charge in [-0.2, -0.15) is 0 Å². The SMILES string of the molecule is CCOC(=O)C1=C(c2ccccc2)N=c2s/c(=C\c3ccc(-c4ccc(Cl)cc4)o3)c(=O)n2C1c1ccc(OC)c(OC)c1. The van der Waals surface area contributed by atoms with Crippen LogP contribution in [0.5, 0.6) is 11.5 Å². The summed E-state index contributed by atoms with van der Waals surface area (Å²) in [6, 6.07) is 24.8. The first-order chi connectivity index (χ1) is 21.4. The van der Waals surface area contributed by atoms with Crippen molar-refractivity contribution in [2.75, 3.05) is 20.8 Å². The van der Waals surface area contributed by atoms with Crippen LogP contribution in [0.4, 0.5) is 0 Å². The fourth-order valence-electron chi connectivity index (χ4n) is 5.11. The molecule has 3 heterocycles. The minimum Gasteiger partial charge on any atom is -0.493 e. The number of ether oxygens (including phenoxy) is 3. The van der Waals surface area contributed by atoms with Gasteiger partial charge in [-0.25, -0.2) is 9.79 Å². The molecule has 10 heteroatoms. The third-order valence-corrected chi connectivity index (χ3v) is 8.36. The van der Waals surface area contributed by atoms with Crippen molar-refractivity contribution in [3.63, 3.8) is 0 Å². The van der Waals surface area contributed by atoms with Crippen LogP contribution >= 0.6 is 22.9 Å². The highest BCUT2D eigenvalue weighted by molar-refractivity contribution is 7.07. The second-order valence-electron chi connectivity index (χ2n) is 9.75. The number of thiazole rings is 1. The highest BCUT2D eigenvalue weighted by Crippen LogP contribution is 2.38. The molecule has 2 aromatic heterocycles. The summed E-state index contributed by atoms with van der Waals surface area (Å²) in [7, 11) is 3.08. The Balaban J connectivity index is 1.58. The number of carbonyl (C=O) groups is 1. The van der Waals surface area contributed by atoms with Crippen molar-refractivity contribution in [2.24, 2.45) is 4.99 Å². The molecule has 0 radical (unpaired) electrons. The monoisotopic (exact) mass is 626 g/mol. The second-order valence-corrected chi connectivity index (χ2v) is 11.2. The van der Waals surface area contributed by atoms with E-state index in [1.807, 2.05) is 48.5 Å². The van der Waals surface area contributed by atoms with E-state index in [-0.39, 0.29) is 17.7 Å². The summed E-state index contributed by atoms with van der Waals surface area (Å²) in [6.07, 6.45) is 1.69. The van der Waals surface area contributed by atoms with E-state index in [1.54, 1.807) is 56.5 Å². The third-order valence-electron chi connectivity index (χ3n) is 7.13. The fourth-order valence-corrected chi connectivity index (χ4v) is 6.21. The zero-order chi connectivity index (χ0) is 30.8. The Labute approximate surface area is 261 Å². The standard InChI is InChI=1S/C34H27ClN2O6S/c1-4-42-33(39)29-30(21-8-6-5-7-9-21)36-34-37(31(29)22-12-16-26(40-2)27(18-22)41-3)32(38)28(44-34)19-24-15-17-25(43-24)20-10-13-23(35)14-11-20/h5-19,31H,4H2,1-3H3/b28-19-. The molecule has 8 nitrogen and oxygen atoms in total. The van der Waals surface area contributed by atoms with Crippen molar-refractivity contribution < 1.29 is 23.4 Å². The van der Waals surface area contributed by atoms with Gasteiger partial charge in [0.05, 0.1) is 42.7 Å². The lowest BCUT2D eigenvalue weighted by molar-refractivity contribution is -0.138. The average molecular weight is 627 g/mol. The van der Waals surface area contributed by atoms with Gasteiger partial charge in [-0.1, -0.05) is 59.3 Å². The van der Waals surface area contributed by atoms with Crippen LogP contribution in [0.3, 0.4) is 0 Å². The lowest BCUT2D eigenvalue weighted by atomic mass is 9.93. The fraction of sp³-hybridized carbons (Fsp3) is 0.147. The quantitative estimate of drug-likeness (QED) is 0.200. The molecule has 0 saturated heterocycles. The molecule has 44 heavy (non-hydrogen) atoms. The lowest BCUT2D eigenvalue weighted by Gasteiger charge is -2.26. The van der Waals surface area contributed by atoms with Crippen LogP contribution in [0.15, 0.2) is 105 Å². The molecule has 0 saturated carbocycles. The first kappa shape index (κ1) is 29.2. The van der Waals surface area contributed by atoms with Gasteiger partial charge in [0.1, 0.15) is 11.5 Å². The van der Waals surface area contributed by atoms with E-state index in [0.29, 0.717) is 48.6 Å². The van der Waals surface area contributed by atoms with Crippen LogP contribution in [-0.4, -0.2) is 31.4 Å². The molecule has 222 valence electrons. The zero-order valence-corrected chi connectivity index (χ0v) is 25.6. The summed E-state index contributed by atoms with van der Waals surface area (Å²) >= 11 is 7.25. The smallest absolute Gasteiger partial charge is 0.338 e. The van der Waals surface area contributed by atoms with Gasteiger partial charge in [0.25, 0.3) is 5.56 Å². The largest absolute Gasteiger partial charge is 0.493 e. The number of hydrogen-bond donors (Lipinski definition) is 0. The maximum atomic E-state index is 14.2. The van der Waals surface area contributed by atoms with Gasteiger partial charge < -0.3 is 18.6 Å². The van der Waals surface area contributed by atoms with E-state index in [9.17, 15) is 9.59 Å². The number of rotatable bonds is 8. The van der Waals surface area contributed by atoms with Crippen LogP contribution in [0.1, 0.15) is 29.9 Å². The number of benzene rings is 3. The van der Waals surface area contributed by atoms with Crippen molar-refractivity contribution in [2.45, 2.75) is 13.0 Å². The number of fused-ring (bicyclic) bond motifs is 1. The molecule has 1 atom stereocenters. The molecule has 3 aromatic carbocycles. The van der Waals surface area contributed by atoms with Crippen molar-refractivity contribution in [3.05, 3.63) is 132 Å². The highest BCUT2D eigenvalue weighted by atomic mass is 35.5. The van der Waals surface area contributed by atoms with Gasteiger partial charge in [-0.3, -0.25) is 9.36 Å². The Hall–Kier alpha value is -4.86. The Morgan fingerprint density at radius 3 is 2.43 bits per heavy atom. The van der Waals surface area contributed by atoms with Gasteiger partial charge in [-0.15, -0.1) is 0 Å². The van der Waals surface area contributed by atoms with E-state index in [0.717, 1.165) is 11.1 Å². The molecular formula is C34H27ClN2O6S. The number of aromatic nitrogens is 1. The Kier molecular flexibility index (Phi) is 8.23. The normalized spacial score (nSPS) is 14.6. The molecule has 6 rings (SSSR count). The van der Waals surface area contributed by atoms with Crippen molar-refractivity contribution in [1.82, 2.24) is 4.57 Å². The van der Waals surface area contributed by atoms with Crippen LogP contribution < -0.4 is 24.4 Å². The molecule has 0 amide bonds. The zero-order valence-electron chi connectivity index (χ0n) is 24.1. The Morgan fingerprint density at radius 2 is 1.73 bits per heavy atom. The molecular weight excluding hydrogens is 600 g/mol. The summed E-state index contributed by atoms with van der Waals surface area (Å²) in [5.74, 6) is 1.54. The lowest BCUT2D eigenvalue weighted by Crippen LogP contribution is -2.40. The van der Waals surface area contributed by atoms with Gasteiger partial charge in [0.2, 0.25) is 0 Å². The first-order valence-electron chi connectivity index (χ1n) is 13.8. The van der Waals surface area contributed by atoms with Crippen molar-refractivity contribution >= 4 is 40.7 Å². The van der Waals surface area contributed by atoms with Gasteiger partial charge in [-0.05, 0) is 61.0 Å². The van der Waals surface area contributed by atoms with Gasteiger partial charge in [0.15, 0.2) is 16.3 Å². The van der Waals surface area contributed by atoms with E-state index < -0.39 is 12.0 Å². The predicted molar refractivity (Wildman–Crippen MR) is 170 cm³/mol. The summed E-state index contributed by atoms with van der Waals surface area (Å²) in [5.41, 5.74) is 2.55. The predicted octanol–water partition coefficient (Wildman–Crippen LogP) is 5.87. The molecule has 1 unspecified atom stereocenters. The number of furan rings is 1. The first-order valence-corrected chi connectivity index (χ1v) is 15.0. The third kappa shape index (κ3) is 5.47. The summed E-state index contributed by atoms with van der Waals surface area (Å²) < 4.78 is 24.6. The number of hydrogen-bond acceptors (Lipinski definition) is 8. The Morgan fingerprint density at radius 1 is 0.977 bits per heavy atom.